The first-order chi connectivity index (χ1) is 13.0. The number of carbonyl (C=O) groups excluding carboxylic acids is 2. The first kappa shape index (κ1) is 17.7. The maximum Gasteiger partial charge on any atom is 0.338 e. The number of hydrogen-bond acceptors (Lipinski definition) is 7. The Bertz CT molecular complexity index is 1020. The lowest BCUT2D eigenvalue weighted by molar-refractivity contribution is -0.384. The second kappa shape index (κ2) is 7.44. The summed E-state index contributed by atoms with van der Waals surface area (Å²) >= 11 is 0. The van der Waals surface area contributed by atoms with Crippen molar-refractivity contribution in [2.75, 3.05) is 12.4 Å². The number of pyridine rings is 1. The summed E-state index contributed by atoms with van der Waals surface area (Å²) in [5.74, 6) is -1.06. The predicted molar refractivity (Wildman–Crippen MR) is 93.7 cm³/mol. The minimum Gasteiger partial charge on any atom is -0.465 e. The molecule has 1 aromatic carbocycles. The quantitative estimate of drug-likeness (QED) is 0.416. The highest BCUT2D eigenvalue weighted by molar-refractivity contribution is 6.07. The monoisotopic (exact) mass is 367 g/mol. The van der Waals surface area contributed by atoms with E-state index in [1.807, 2.05) is 0 Å². The van der Waals surface area contributed by atoms with Crippen molar-refractivity contribution in [2.24, 2.45) is 0 Å². The number of amides is 1. The molecule has 0 aliphatic heterocycles. The fourth-order valence-corrected chi connectivity index (χ4v) is 2.35. The first-order valence-electron chi connectivity index (χ1n) is 7.64. The summed E-state index contributed by atoms with van der Waals surface area (Å²) in [6, 6.07) is 8.27. The van der Waals surface area contributed by atoms with E-state index in [2.05, 4.69) is 20.1 Å². The van der Waals surface area contributed by atoms with E-state index in [1.165, 1.54) is 16.9 Å². The van der Waals surface area contributed by atoms with E-state index >= 15 is 0 Å². The number of methoxy groups -OCH3 is 1. The van der Waals surface area contributed by atoms with Crippen molar-refractivity contribution < 1.29 is 19.2 Å². The zero-order chi connectivity index (χ0) is 19.4. The van der Waals surface area contributed by atoms with Gasteiger partial charge in [-0.05, 0) is 24.3 Å². The van der Waals surface area contributed by atoms with Crippen LogP contribution in [0.5, 0.6) is 0 Å². The van der Waals surface area contributed by atoms with Crippen molar-refractivity contribution in [3.8, 4) is 5.82 Å². The summed E-state index contributed by atoms with van der Waals surface area (Å²) in [5.41, 5.74) is -0.228. The molecule has 0 unspecified atom stereocenters. The smallest absolute Gasteiger partial charge is 0.338 e. The summed E-state index contributed by atoms with van der Waals surface area (Å²) in [7, 11) is 1.15. The maximum absolute atomic E-state index is 12.6. The molecular formula is C17H13N5O5. The van der Waals surface area contributed by atoms with Crippen molar-refractivity contribution in [3.63, 3.8) is 0 Å². The van der Waals surface area contributed by atoms with Crippen molar-refractivity contribution in [1.29, 1.82) is 0 Å². The number of non-ortho nitro benzene ring substituents is 1. The highest BCUT2D eigenvalue weighted by Gasteiger charge is 2.19. The average Bonchev–Trinajstić information content (AvgIpc) is 3.22. The van der Waals surface area contributed by atoms with Gasteiger partial charge in [0.25, 0.3) is 11.6 Å². The number of carbonyl (C=O) groups is 2. The molecule has 27 heavy (non-hydrogen) atoms. The Labute approximate surface area is 152 Å². The molecule has 0 bridgehead atoms. The molecule has 0 spiro atoms. The van der Waals surface area contributed by atoms with Gasteiger partial charge >= 0.3 is 5.97 Å². The number of anilines is 1. The van der Waals surface area contributed by atoms with Crippen LogP contribution in [-0.2, 0) is 4.74 Å². The number of esters is 1. The molecule has 1 N–H and O–H groups in total. The lowest BCUT2D eigenvalue weighted by Crippen LogP contribution is -2.16. The van der Waals surface area contributed by atoms with Crippen LogP contribution in [0.3, 0.4) is 0 Å². The van der Waals surface area contributed by atoms with Gasteiger partial charge in [0.1, 0.15) is 0 Å². The van der Waals surface area contributed by atoms with Crippen molar-refractivity contribution in [2.45, 2.75) is 0 Å². The lowest BCUT2D eigenvalue weighted by Gasteiger charge is -2.10. The molecule has 2 aromatic heterocycles. The van der Waals surface area contributed by atoms with Crippen LogP contribution in [0.1, 0.15) is 20.7 Å². The summed E-state index contributed by atoms with van der Waals surface area (Å²) in [6.07, 6.45) is 4.75. The number of nitro benzene ring substituents is 1. The molecule has 3 aromatic rings. The number of rotatable bonds is 5. The number of ether oxygens (including phenoxy) is 1. The minimum atomic E-state index is -0.786. The second-order valence-electron chi connectivity index (χ2n) is 5.30. The van der Waals surface area contributed by atoms with Gasteiger partial charge in [0.05, 0.1) is 23.3 Å². The molecule has 0 atom stereocenters. The molecular weight excluding hydrogens is 354 g/mol. The van der Waals surface area contributed by atoms with Gasteiger partial charge in [-0.2, -0.15) is 5.10 Å². The van der Waals surface area contributed by atoms with Crippen LogP contribution in [0.25, 0.3) is 5.82 Å². The topological polar surface area (TPSA) is 129 Å². The maximum atomic E-state index is 12.6. The van der Waals surface area contributed by atoms with Gasteiger partial charge in [0, 0.05) is 36.3 Å². The van der Waals surface area contributed by atoms with E-state index in [0.29, 0.717) is 11.5 Å². The summed E-state index contributed by atoms with van der Waals surface area (Å²) in [5, 5.41) is 17.8. The standard InChI is InChI=1S/C17H13N5O5/c1-27-17(24)12-8-11(9-13(10-12)22(25)26)16(23)20-14-4-2-5-18-15(14)21-7-3-6-19-21/h2-10H,1H3,(H,20,23). The van der Waals surface area contributed by atoms with Crippen molar-refractivity contribution in [1.82, 2.24) is 14.8 Å². The highest BCUT2D eigenvalue weighted by Crippen LogP contribution is 2.21. The van der Waals surface area contributed by atoms with Crippen LogP contribution >= 0.6 is 0 Å². The fraction of sp³-hybridized carbons (Fsp3) is 0.0588. The Balaban J connectivity index is 1.97. The number of benzene rings is 1. The number of aromatic nitrogens is 3. The van der Waals surface area contributed by atoms with E-state index in [0.717, 1.165) is 19.2 Å². The third-order valence-corrected chi connectivity index (χ3v) is 3.57. The Morgan fingerprint density at radius 1 is 1.19 bits per heavy atom. The summed E-state index contributed by atoms with van der Waals surface area (Å²) < 4.78 is 6.04. The second-order valence-corrected chi connectivity index (χ2v) is 5.30. The summed E-state index contributed by atoms with van der Waals surface area (Å²) in [6.45, 7) is 0. The van der Waals surface area contributed by atoms with E-state index in [1.54, 1.807) is 30.6 Å². The van der Waals surface area contributed by atoms with Crippen LogP contribution in [0.2, 0.25) is 0 Å². The van der Waals surface area contributed by atoms with Crippen LogP contribution < -0.4 is 5.32 Å². The normalized spacial score (nSPS) is 10.3. The average molecular weight is 367 g/mol. The molecule has 0 aliphatic carbocycles. The molecule has 136 valence electrons. The largest absolute Gasteiger partial charge is 0.465 e. The molecule has 0 radical (unpaired) electrons. The van der Waals surface area contributed by atoms with Gasteiger partial charge in [-0.3, -0.25) is 14.9 Å². The predicted octanol–water partition coefficient (Wildman–Crippen LogP) is 2.21. The van der Waals surface area contributed by atoms with E-state index in [4.69, 9.17) is 0 Å². The number of nitrogens with one attached hydrogen (secondary N) is 1. The molecule has 1 amide bonds. The van der Waals surface area contributed by atoms with Crippen LogP contribution in [0.15, 0.2) is 55.0 Å². The number of hydrogen-bond donors (Lipinski definition) is 1. The fourth-order valence-electron chi connectivity index (χ4n) is 2.35. The Morgan fingerprint density at radius 2 is 1.96 bits per heavy atom. The van der Waals surface area contributed by atoms with Gasteiger partial charge in [0.15, 0.2) is 5.82 Å². The Morgan fingerprint density at radius 3 is 2.63 bits per heavy atom. The molecule has 10 heteroatoms. The SMILES string of the molecule is COC(=O)c1cc(C(=O)Nc2cccnc2-n2cccn2)cc([N+](=O)[O-])c1. The number of nitrogens with zero attached hydrogens (tertiary/aromatic N) is 4. The van der Waals surface area contributed by atoms with Gasteiger partial charge in [-0.25, -0.2) is 14.5 Å². The van der Waals surface area contributed by atoms with Crippen LogP contribution in [-0.4, -0.2) is 38.7 Å². The van der Waals surface area contributed by atoms with Crippen molar-refractivity contribution >= 4 is 23.3 Å². The zero-order valence-electron chi connectivity index (χ0n) is 14.0. The van der Waals surface area contributed by atoms with Gasteiger partial charge in [-0.1, -0.05) is 0 Å². The van der Waals surface area contributed by atoms with Gasteiger partial charge in [0.2, 0.25) is 0 Å². The zero-order valence-corrected chi connectivity index (χ0v) is 14.0. The summed E-state index contributed by atoms with van der Waals surface area (Å²) in [4.78, 5) is 39.0. The van der Waals surface area contributed by atoms with Gasteiger partial charge in [-0.15, -0.1) is 0 Å². The third kappa shape index (κ3) is 3.79. The number of nitro groups is 1. The molecule has 3 rings (SSSR count). The first-order valence-corrected chi connectivity index (χ1v) is 7.64. The van der Waals surface area contributed by atoms with Crippen molar-refractivity contribution in [3.05, 3.63) is 76.2 Å². The lowest BCUT2D eigenvalue weighted by atomic mass is 10.1. The van der Waals surface area contributed by atoms with E-state index < -0.39 is 22.5 Å². The minimum absolute atomic E-state index is 0.0696. The van der Waals surface area contributed by atoms with Crippen LogP contribution in [0, 0.1) is 10.1 Å². The Hall–Kier alpha value is -4.08. The molecule has 0 aliphatic rings. The third-order valence-electron chi connectivity index (χ3n) is 3.57. The molecule has 0 saturated heterocycles. The molecule has 10 nitrogen and oxygen atoms in total. The van der Waals surface area contributed by atoms with E-state index in [9.17, 15) is 19.7 Å². The Kier molecular flexibility index (Phi) is 4.88. The molecule has 0 saturated carbocycles. The van der Waals surface area contributed by atoms with E-state index in [-0.39, 0.29) is 11.1 Å². The van der Waals surface area contributed by atoms with Crippen LogP contribution in [0.4, 0.5) is 11.4 Å². The molecule has 2 heterocycles. The highest BCUT2D eigenvalue weighted by atomic mass is 16.6. The van der Waals surface area contributed by atoms with Gasteiger partial charge < -0.3 is 10.1 Å². The molecule has 0 fully saturated rings.